The standard InChI is InChI=1S/C15H30N2/c1-13-5-7-14(8-6-13)9-11-16-12-15-4-2-3-10-17-15/h13-17H,2-12H2,1H3. The summed E-state index contributed by atoms with van der Waals surface area (Å²) in [5.41, 5.74) is 0. The van der Waals surface area contributed by atoms with E-state index in [2.05, 4.69) is 17.6 Å². The molecule has 1 aliphatic heterocycles. The fourth-order valence-electron chi connectivity index (χ4n) is 3.30. The second kappa shape index (κ2) is 7.38. The molecule has 0 aromatic carbocycles. The molecule has 2 rings (SSSR count). The van der Waals surface area contributed by atoms with E-state index in [0.29, 0.717) is 0 Å². The van der Waals surface area contributed by atoms with Crippen LogP contribution >= 0.6 is 0 Å². The van der Waals surface area contributed by atoms with Gasteiger partial charge in [0.2, 0.25) is 0 Å². The average Bonchev–Trinajstić information content (AvgIpc) is 2.38. The first-order valence-corrected chi connectivity index (χ1v) is 7.78. The molecule has 0 radical (unpaired) electrons. The summed E-state index contributed by atoms with van der Waals surface area (Å²) in [5, 5.41) is 7.25. The van der Waals surface area contributed by atoms with Crippen LogP contribution in [-0.2, 0) is 0 Å². The van der Waals surface area contributed by atoms with E-state index in [-0.39, 0.29) is 0 Å². The van der Waals surface area contributed by atoms with Crippen molar-refractivity contribution in [3.05, 3.63) is 0 Å². The molecule has 1 aliphatic carbocycles. The van der Waals surface area contributed by atoms with Crippen LogP contribution < -0.4 is 10.6 Å². The highest BCUT2D eigenvalue weighted by Gasteiger charge is 2.18. The maximum Gasteiger partial charge on any atom is 0.0192 e. The molecule has 1 unspecified atom stereocenters. The summed E-state index contributed by atoms with van der Waals surface area (Å²) in [6.07, 6.45) is 11.4. The third-order valence-electron chi connectivity index (χ3n) is 4.67. The van der Waals surface area contributed by atoms with Crippen molar-refractivity contribution < 1.29 is 0 Å². The second-order valence-electron chi connectivity index (χ2n) is 6.27. The van der Waals surface area contributed by atoms with Gasteiger partial charge in [-0.3, -0.25) is 0 Å². The Morgan fingerprint density at radius 1 is 1.06 bits per heavy atom. The minimum absolute atomic E-state index is 0.745. The molecule has 0 amide bonds. The maximum absolute atomic E-state index is 3.65. The van der Waals surface area contributed by atoms with E-state index in [4.69, 9.17) is 0 Å². The first-order valence-electron chi connectivity index (χ1n) is 7.78. The van der Waals surface area contributed by atoms with Crippen molar-refractivity contribution in [2.75, 3.05) is 19.6 Å². The second-order valence-corrected chi connectivity index (χ2v) is 6.27. The molecule has 1 saturated heterocycles. The van der Waals surface area contributed by atoms with Gasteiger partial charge in [0.05, 0.1) is 0 Å². The predicted octanol–water partition coefficient (Wildman–Crippen LogP) is 2.93. The topological polar surface area (TPSA) is 24.1 Å². The highest BCUT2D eigenvalue weighted by molar-refractivity contribution is 4.75. The third-order valence-corrected chi connectivity index (χ3v) is 4.67. The highest BCUT2D eigenvalue weighted by Crippen LogP contribution is 2.29. The van der Waals surface area contributed by atoms with Crippen LogP contribution in [0.1, 0.15) is 58.3 Å². The van der Waals surface area contributed by atoms with Crippen LogP contribution in [0.15, 0.2) is 0 Å². The molecule has 2 nitrogen and oxygen atoms in total. The van der Waals surface area contributed by atoms with Gasteiger partial charge in [-0.15, -0.1) is 0 Å². The maximum atomic E-state index is 3.65. The van der Waals surface area contributed by atoms with Crippen molar-refractivity contribution in [1.29, 1.82) is 0 Å². The summed E-state index contributed by atoms with van der Waals surface area (Å²) in [6.45, 7) is 6.05. The summed E-state index contributed by atoms with van der Waals surface area (Å²) in [4.78, 5) is 0. The lowest BCUT2D eigenvalue weighted by Gasteiger charge is -2.27. The molecule has 100 valence electrons. The Morgan fingerprint density at radius 2 is 1.88 bits per heavy atom. The smallest absolute Gasteiger partial charge is 0.0192 e. The third kappa shape index (κ3) is 4.97. The molecule has 2 heteroatoms. The van der Waals surface area contributed by atoms with Gasteiger partial charge in [0, 0.05) is 12.6 Å². The Labute approximate surface area is 107 Å². The van der Waals surface area contributed by atoms with Gasteiger partial charge in [-0.05, 0) is 44.2 Å². The number of hydrogen-bond acceptors (Lipinski definition) is 2. The number of hydrogen-bond donors (Lipinski definition) is 2. The van der Waals surface area contributed by atoms with Gasteiger partial charge >= 0.3 is 0 Å². The van der Waals surface area contributed by atoms with Crippen LogP contribution in [0.3, 0.4) is 0 Å². The molecule has 0 bridgehead atoms. The molecule has 2 aliphatic rings. The fraction of sp³-hybridized carbons (Fsp3) is 1.00. The number of rotatable bonds is 5. The Balaban J connectivity index is 1.48. The van der Waals surface area contributed by atoms with Crippen molar-refractivity contribution in [1.82, 2.24) is 10.6 Å². The lowest BCUT2D eigenvalue weighted by molar-refractivity contribution is 0.273. The lowest BCUT2D eigenvalue weighted by Crippen LogP contribution is -2.42. The molecular formula is C15H30N2. The zero-order chi connectivity index (χ0) is 11.9. The van der Waals surface area contributed by atoms with Gasteiger partial charge < -0.3 is 10.6 Å². The van der Waals surface area contributed by atoms with Crippen LogP contribution in [0, 0.1) is 11.8 Å². The Hall–Kier alpha value is -0.0800. The Morgan fingerprint density at radius 3 is 2.59 bits per heavy atom. The minimum Gasteiger partial charge on any atom is -0.315 e. The van der Waals surface area contributed by atoms with Gasteiger partial charge in [0.15, 0.2) is 0 Å². The fourth-order valence-corrected chi connectivity index (χ4v) is 3.30. The van der Waals surface area contributed by atoms with E-state index in [1.54, 1.807) is 0 Å². The van der Waals surface area contributed by atoms with E-state index in [1.807, 2.05) is 0 Å². The molecule has 2 N–H and O–H groups in total. The largest absolute Gasteiger partial charge is 0.315 e. The van der Waals surface area contributed by atoms with Crippen molar-refractivity contribution in [3.8, 4) is 0 Å². The molecule has 1 atom stereocenters. The number of piperidine rings is 1. The van der Waals surface area contributed by atoms with Gasteiger partial charge in [-0.2, -0.15) is 0 Å². The van der Waals surface area contributed by atoms with Crippen LogP contribution in [0.4, 0.5) is 0 Å². The van der Waals surface area contributed by atoms with Gasteiger partial charge in [0.1, 0.15) is 0 Å². The van der Waals surface area contributed by atoms with Gasteiger partial charge in [0.25, 0.3) is 0 Å². The number of nitrogens with one attached hydrogen (secondary N) is 2. The molecule has 1 saturated carbocycles. The first-order chi connectivity index (χ1) is 8.34. The lowest BCUT2D eigenvalue weighted by atomic mass is 9.81. The van der Waals surface area contributed by atoms with Gasteiger partial charge in [-0.1, -0.05) is 39.0 Å². The monoisotopic (exact) mass is 238 g/mol. The van der Waals surface area contributed by atoms with Crippen LogP contribution in [0.2, 0.25) is 0 Å². The summed E-state index contributed by atoms with van der Waals surface area (Å²) >= 11 is 0. The molecule has 0 aromatic rings. The normalized spacial score (nSPS) is 34.8. The van der Waals surface area contributed by atoms with E-state index in [0.717, 1.165) is 17.9 Å². The summed E-state index contributed by atoms with van der Waals surface area (Å²) in [6, 6.07) is 0.745. The summed E-state index contributed by atoms with van der Waals surface area (Å²) < 4.78 is 0. The SMILES string of the molecule is CC1CCC(CCNCC2CCCCN2)CC1. The van der Waals surface area contributed by atoms with Crippen LogP contribution in [0.5, 0.6) is 0 Å². The van der Waals surface area contributed by atoms with Crippen LogP contribution in [0.25, 0.3) is 0 Å². The van der Waals surface area contributed by atoms with E-state index < -0.39 is 0 Å². The quantitative estimate of drug-likeness (QED) is 0.720. The Bertz CT molecular complexity index is 191. The van der Waals surface area contributed by atoms with Crippen LogP contribution in [-0.4, -0.2) is 25.7 Å². The van der Waals surface area contributed by atoms with E-state index >= 15 is 0 Å². The first kappa shape index (κ1) is 13.4. The molecule has 0 aromatic heterocycles. The van der Waals surface area contributed by atoms with Gasteiger partial charge in [-0.25, -0.2) is 0 Å². The summed E-state index contributed by atoms with van der Waals surface area (Å²) in [5.74, 6) is 2.00. The van der Waals surface area contributed by atoms with Crippen molar-refractivity contribution in [3.63, 3.8) is 0 Å². The zero-order valence-corrected chi connectivity index (χ0v) is 11.5. The van der Waals surface area contributed by atoms with Crippen molar-refractivity contribution in [2.24, 2.45) is 11.8 Å². The Kier molecular flexibility index (Phi) is 5.79. The molecule has 0 spiro atoms. The average molecular weight is 238 g/mol. The minimum atomic E-state index is 0.745. The van der Waals surface area contributed by atoms with Crippen molar-refractivity contribution in [2.45, 2.75) is 64.3 Å². The molecule has 17 heavy (non-hydrogen) atoms. The molecular weight excluding hydrogens is 208 g/mol. The predicted molar refractivity (Wildman–Crippen MR) is 74.3 cm³/mol. The zero-order valence-electron chi connectivity index (χ0n) is 11.5. The van der Waals surface area contributed by atoms with E-state index in [9.17, 15) is 0 Å². The summed E-state index contributed by atoms with van der Waals surface area (Å²) in [7, 11) is 0. The molecule has 1 heterocycles. The van der Waals surface area contributed by atoms with Crippen molar-refractivity contribution >= 4 is 0 Å². The highest BCUT2D eigenvalue weighted by atomic mass is 15.0. The van der Waals surface area contributed by atoms with E-state index in [1.165, 1.54) is 71.0 Å². The molecule has 2 fully saturated rings.